The molecule has 9 aromatic rings. The third kappa shape index (κ3) is 19.1. The smallest absolute Gasteiger partial charge is 0.390 e. The Kier molecular flexibility index (Phi) is 28.7. The fraction of sp³-hybridized carbons (Fsp3) is 0.407. The van der Waals surface area contributed by atoms with Gasteiger partial charge in [0.05, 0.1) is 68.6 Å². The number of amides is 3. The van der Waals surface area contributed by atoms with Crippen LogP contribution in [0.2, 0.25) is 15.1 Å². The van der Waals surface area contributed by atoms with E-state index < -0.39 is 80.3 Å². The molecule has 6 aromatic carbocycles. The number of aliphatic hydroxyl groups excluding tert-OH is 1. The van der Waals surface area contributed by atoms with Gasteiger partial charge in [-0.05, 0) is 119 Å². The standard InChI is InChI=1S/C30H31ClF5N5O3S.C30H32ClF4N5O3S.C26H26ClFN4O3S/c1-5-24(42)41-15(2)11-39(12-16(41)3)28-19-8-20(30(34,35)36)25(18-9-21(31)23(33)10-22(18)32)27-26(19)40(29(43)38-28)13-17(14-45-27)37-6-7-44-4;1-5-24(41)40-16(2)12-38(13-17(40)3)28-20-11-21(30(33,34)35)25(18-6-7-23(32)22(31)10-18)27-26(20)39(29(42)37-28)14-19(15-44-27)36-8-9-43-4;1-4-21(34)32-14(2)10-30(11-15(32)3)25-19-9-20(27)22(16-5-7-17(28)8-6-16)24-23(19)31(26(35)29-25)12-18(33)13-36-24/h5,8-10,15-17,37H,1,6-7,11-14H2,2-4H3;5-7,10-11,16-17,19,36H,1,8-9,12-15H2,2-4H3;4-9,14-15,18,33H,1,10-13H2,2-3H3/t15-,16+,17?;16-,17+,19?;14-,15+,18?. The summed E-state index contributed by atoms with van der Waals surface area (Å²) in [6, 6.07) is 12.2. The Morgan fingerprint density at radius 3 is 1.24 bits per heavy atom. The van der Waals surface area contributed by atoms with Gasteiger partial charge in [-0.15, -0.1) is 35.3 Å². The van der Waals surface area contributed by atoms with Crippen molar-refractivity contribution in [1.82, 2.24) is 54.0 Å². The molecule has 0 radical (unpaired) electrons. The Morgan fingerprint density at radius 2 is 0.840 bits per heavy atom. The molecule has 9 heterocycles. The van der Waals surface area contributed by atoms with E-state index in [2.05, 4.69) is 45.3 Å². The lowest BCUT2D eigenvalue weighted by Gasteiger charge is -2.44. The van der Waals surface area contributed by atoms with Gasteiger partial charge < -0.3 is 54.6 Å². The Labute approximate surface area is 739 Å². The summed E-state index contributed by atoms with van der Waals surface area (Å²) in [5, 5.41) is 17.6. The van der Waals surface area contributed by atoms with Crippen LogP contribution in [0.4, 0.5) is 61.4 Å². The third-order valence-corrected chi connectivity index (χ3v) is 27.3. The summed E-state index contributed by atoms with van der Waals surface area (Å²) in [6.45, 7) is 25.7. The van der Waals surface area contributed by atoms with Gasteiger partial charge in [0, 0.05) is 204 Å². The highest BCUT2D eigenvalue weighted by molar-refractivity contribution is 8.00. The number of benzene rings is 6. The fourth-order valence-electron chi connectivity index (χ4n) is 17.5. The normalized spacial score (nSPS) is 20.9. The van der Waals surface area contributed by atoms with Gasteiger partial charge >= 0.3 is 29.4 Å². The number of piperazine rings is 3. The largest absolute Gasteiger partial charge is 0.417 e. The van der Waals surface area contributed by atoms with Gasteiger partial charge in [-0.2, -0.15) is 41.3 Å². The zero-order valence-electron chi connectivity index (χ0n) is 69.0. The number of rotatable bonds is 17. The molecule has 125 heavy (non-hydrogen) atoms. The molecule has 3 unspecified atom stereocenters. The predicted molar refractivity (Wildman–Crippen MR) is 469 cm³/mol. The van der Waals surface area contributed by atoms with Gasteiger partial charge in [0.25, 0.3) is 0 Å². The van der Waals surface area contributed by atoms with E-state index in [1.807, 2.05) is 32.6 Å². The number of halogens is 13. The number of aromatic nitrogens is 6. The van der Waals surface area contributed by atoms with Gasteiger partial charge in [0.15, 0.2) is 0 Å². The van der Waals surface area contributed by atoms with Crippen molar-refractivity contribution in [2.45, 2.75) is 143 Å². The molecule has 666 valence electrons. The molecule has 3 N–H and O–H groups in total. The van der Waals surface area contributed by atoms with Crippen molar-refractivity contribution >= 4 is 138 Å². The minimum atomic E-state index is -4.98. The number of ether oxygens (including phenoxy) is 2. The number of carbonyl (C=O) groups excluding carboxylic acids is 3. The molecule has 0 bridgehead atoms. The van der Waals surface area contributed by atoms with Crippen molar-refractivity contribution in [2.75, 3.05) is 112 Å². The number of anilines is 3. The lowest BCUT2D eigenvalue weighted by Crippen LogP contribution is -2.58. The highest BCUT2D eigenvalue weighted by Gasteiger charge is 2.44. The molecule has 9 atom stereocenters. The van der Waals surface area contributed by atoms with Crippen molar-refractivity contribution in [2.24, 2.45) is 0 Å². The van der Waals surface area contributed by atoms with Crippen molar-refractivity contribution in [3.8, 4) is 33.4 Å². The third-order valence-electron chi connectivity index (χ3n) is 22.7. The minimum Gasteiger partial charge on any atom is -0.390 e. The Bertz CT molecular complexity index is 5900. The molecule has 0 spiro atoms. The van der Waals surface area contributed by atoms with E-state index in [0.29, 0.717) is 89.8 Å². The second-order valence-electron chi connectivity index (χ2n) is 31.4. The molecule has 15 rings (SSSR count). The average molecular weight is 1860 g/mol. The van der Waals surface area contributed by atoms with Gasteiger partial charge in [0.2, 0.25) is 17.7 Å². The van der Waals surface area contributed by atoms with Crippen LogP contribution < -0.4 is 42.4 Å². The summed E-state index contributed by atoms with van der Waals surface area (Å²) in [7, 11) is 3.09. The fourth-order valence-corrected chi connectivity index (χ4v) is 22.0. The lowest BCUT2D eigenvalue weighted by atomic mass is 9.95. The Hall–Kier alpha value is -9.21. The highest BCUT2D eigenvalue weighted by atomic mass is 35.5. The van der Waals surface area contributed by atoms with E-state index in [9.17, 15) is 73.4 Å². The first-order valence-corrected chi connectivity index (χ1v) is 44.0. The molecule has 39 heteroatoms. The summed E-state index contributed by atoms with van der Waals surface area (Å²) < 4.78 is 161. The van der Waals surface area contributed by atoms with Crippen molar-refractivity contribution in [3.63, 3.8) is 0 Å². The molecule has 3 aromatic heterocycles. The Morgan fingerprint density at radius 1 is 0.472 bits per heavy atom. The maximum absolute atomic E-state index is 15.3. The predicted octanol–water partition coefficient (Wildman–Crippen LogP) is 14.5. The second kappa shape index (κ2) is 38.4. The van der Waals surface area contributed by atoms with Crippen molar-refractivity contribution in [1.29, 1.82) is 0 Å². The van der Waals surface area contributed by atoms with Crippen LogP contribution >= 0.6 is 70.1 Å². The molecule has 0 saturated carbocycles. The maximum atomic E-state index is 15.3. The first kappa shape index (κ1) is 93.4. The molecular weight excluding hydrogens is 1770 g/mol. The van der Waals surface area contributed by atoms with E-state index in [1.165, 1.54) is 86.8 Å². The van der Waals surface area contributed by atoms with Gasteiger partial charge in [-0.25, -0.2) is 31.9 Å². The summed E-state index contributed by atoms with van der Waals surface area (Å²) in [5.74, 6) is -2.56. The maximum Gasteiger partial charge on any atom is 0.417 e. The first-order valence-electron chi connectivity index (χ1n) is 39.9. The van der Waals surface area contributed by atoms with Crippen LogP contribution in [-0.2, 0) is 55.8 Å². The van der Waals surface area contributed by atoms with E-state index in [-0.39, 0.29) is 177 Å². The number of nitrogens with one attached hydrogen (secondary N) is 2. The zero-order chi connectivity index (χ0) is 90.4. The molecule has 23 nitrogen and oxygen atoms in total. The number of carbonyl (C=O) groups is 3. The van der Waals surface area contributed by atoms with E-state index >= 15 is 4.39 Å². The average Bonchev–Trinajstić information content (AvgIpc) is 1.69. The minimum absolute atomic E-state index is 0.000223. The number of methoxy groups -OCH3 is 2. The summed E-state index contributed by atoms with van der Waals surface area (Å²) in [5.41, 5.74) is -2.55. The van der Waals surface area contributed by atoms with Crippen LogP contribution in [0.1, 0.15) is 52.7 Å². The van der Waals surface area contributed by atoms with Crippen LogP contribution in [0, 0.1) is 23.3 Å². The Balaban J connectivity index is 0.000000162. The summed E-state index contributed by atoms with van der Waals surface area (Å²) >= 11 is 22.5. The monoisotopic (exact) mass is 1850 g/mol. The number of aliphatic hydroxyl groups is 1. The van der Waals surface area contributed by atoms with E-state index in [1.54, 1.807) is 63.7 Å². The number of nitrogens with zero attached hydrogens (tertiary/aromatic N) is 12. The molecule has 0 aliphatic carbocycles. The molecular formula is C86H89Cl3F10N14O9S3. The summed E-state index contributed by atoms with van der Waals surface area (Å²) in [4.78, 5) is 103. The van der Waals surface area contributed by atoms with Crippen LogP contribution in [0.3, 0.4) is 0 Å². The highest BCUT2D eigenvalue weighted by Crippen LogP contribution is 2.53. The first-order chi connectivity index (χ1) is 59.3. The van der Waals surface area contributed by atoms with Gasteiger partial charge in [-0.1, -0.05) is 72.7 Å². The molecule has 6 aliphatic heterocycles. The van der Waals surface area contributed by atoms with E-state index in [0.717, 1.165) is 46.5 Å². The number of alkyl halides is 6. The van der Waals surface area contributed by atoms with E-state index in [4.69, 9.17) is 44.3 Å². The molecule has 3 fully saturated rings. The van der Waals surface area contributed by atoms with Crippen LogP contribution in [-0.4, -0.2) is 218 Å². The number of hydrogen-bond donors (Lipinski definition) is 3. The SMILES string of the molecule is C=CC(=O)N1[C@H](C)CN(c2nc(=O)n3c4c(c(-c5cc(Cl)c(F)cc5F)c(C(F)(F)F)cc24)SCC(NCCOC)C3)C[C@@H]1C.C=CC(=O)N1[C@H](C)CN(c2nc(=O)n3c4c(c(-c5ccc(F)c(Cl)c5)c(C(F)(F)F)cc24)SCC(NCCOC)C3)C[C@@H]1C.C=CC(=O)N1[C@H](C)CN(c2nc(=O)n3c4c(c(-c5ccc(F)cc5)c(Cl)cc24)SCC(O)C3)C[C@@H]1C. The topological polar surface area (TPSA) is 238 Å². The van der Waals surface area contributed by atoms with Crippen molar-refractivity contribution in [3.05, 3.63) is 192 Å². The lowest BCUT2D eigenvalue weighted by molar-refractivity contribution is -0.137. The molecule has 6 aliphatic rings. The zero-order valence-corrected chi connectivity index (χ0v) is 73.7. The van der Waals surface area contributed by atoms with Crippen LogP contribution in [0.15, 0.2) is 140 Å². The number of hydrogen-bond acceptors (Lipinski definition) is 20. The quantitative estimate of drug-likeness (QED) is 0.0332. The second-order valence-corrected chi connectivity index (χ2v) is 35.7. The van der Waals surface area contributed by atoms with Crippen LogP contribution in [0.25, 0.3) is 66.1 Å². The van der Waals surface area contributed by atoms with Crippen LogP contribution in [0.5, 0.6) is 0 Å². The molecule has 3 amide bonds. The summed E-state index contributed by atoms with van der Waals surface area (Å²) in [6.07, 6.45) is -6.79. The molecule has 3 saturated heterocycles. The van der Waals surface area contributed by atoms with Crippen molar-refractivity contribution < 1.29 is 72.9 Å². The van der Waals surface area contributed by atoms with Gasteiger partial charge in [0.1, 0.15) is 40.7 Å². The van der Waals surface area contributed by atoms with Gasteiger partial charge in [-0.3, -0.25) is 28.1 Å². The number of thioether (sulfide) groups is 3.